The number of amides is 1. The van der Waals surface area contributed by atoms with Gasteiger partial charge in [-0.3, -0.25) is 4.90 Å². The smallest absolute Gasteiger partial charge is 0.407 e. The van der Waals surface area contributed by atoms with Crippen molar-refractivity contribution in [2.24, 2.45) is 11.3 Å². The highest BCUT2D eigenvalue weighted by molar-refractivity contribution is 6.32. The van der Waals surface area contributed by atoms with Crippen molar-refractivity contribution in [3.05, 3.63) is 52.5 Å². The second-order valence-electron chi connectivity index (χ2n) is 11.1. The number of nitrogens with one attached hydrogen (secondary N) is 1. The third-order valence-corrected chi connectivity index (χ3v) is 8.41. The topological polar surface area (TPSA) is 50.8 Å². The molecule has 2 atom stereocenters. The van der Waals surface area contributed by atoms with Crippen LogP contribution in [0.15, 0.2) is 36.4 Å². The van der Waals surface area contributed by atoms with Crippen LogP contribution >= 0.6 is 11.6 Å². The van der Waals surface area contributed by atoms with Crippen LogP contribution in [0, 0.1) is 11.3 Å². The van der Waals surface area contributed by atoms with Crippen molar-refractivity contribution in [2.75, 3.05) is 26.2 Å². The minimum atomic E-state index is -0.284. The lowest BCUT2D eigenvalue weighted by Crippen LogP contribution is -2.53. The molecule has 3 heterocycles. The first kappa shape index (κ1) is 24.5. The SMILES string of the molecule is CCCOc1ccc(-c2ccc3c(c2)CCC(C)(C)C3NC(=O)O[C@@H]2CN3CCC2CC3)cc1Cl. The fraction of sp³-hybridized carbons (Fsp3) is 0.552. The average molecular weight is 497 g/mol. The Labute approximate surface area is 214 Å². The van der Waals surface area contributed by atoms with Gasteiger partial charge in [0.1, 0.15) is 11.9 Å². The molecule has 5 nitrogen and oxygen atoms in total. The molecule has 1 N–H and O–H groups in total. The molecule has 2 aromatic rings. The Morgan fingerprint density at radius 1 is 1.14 bits per heavy atom. The largest absolute Gasteiger partial charge is 0.492 e. The number of carbonyl (C=O) groups excluding carboxylic acids is 1. The maximum Gasteiger partial charge on any atom is 0.407 e. The molecular formula is C29H37ClN2O3. The Bertz CT molecular complexity index is 1080. The maximum atomic E-state index is 13.0. The summed E-state index contributed by atoms with van der Waals surface area (Å²) >= 11 is 6.49. The number of fused-ring (bicyclic) bond motifs is 4. The highest BCUT2D eigenvalue weighted by Gasteiger charge is 2.40. The number of ether oxygens (including phenoxy) is 2. The molecular weight excluding hydrogens is 460 g/mol. The summed E-state index contributed by atoms with van der Waals surface area (Å²) in [5.41, 5.74) is 4.60. The molecule has 0 spiro atoms. The lowest BCUT2D eigenvalue weighted by Gasteiger charge is -2.44. The summed E-state index contributed by atoms with van der Waals surface area (Å²) in [6, 6.07) is 12.4. The minimum Gasteiger partial charge on any atom is -0.492 e. The third kappa shape index (κ3) is 5.17. The molecule has 2 bridgehead atoms. The predicted octanol–water partition coefficient (Wildman–Crippen LogP) is 6.63. The van der Waals surface area contributed by atoms with Crippen LogP contribution in [0.4, 0.5) is 4.79 Å². The average Bonchev–Trinajstić information content (AvgIpc) is 2.85. The number of piperidine rings is 3. The standard InChI is InChI=1S/C29H37ClN2O3/c1-4-15-34-25-8-6-21(17-24(25)30)20-5-7-23-22(16-20)9-12-29(2,3)27(23)31-28(33)35-26-18-32-13-10-19(26)11-14-32/h5-8,16-17,19,26-27H,4,9-15,18H2,1-3H3,(H,31,33)/t26-,27?/m1/s1. The second kappa shape index (κ2) is 10.0. The Balaban J connectivity index is 1.33. The van der Waals surface area contributed by atoms with E-state index in [9.17, 15) is 4.79 Å². The van der Waals surface area contributed by atoms with Crippen LogP contribution in [0.1, 0.15) is 63.6 Å². The number of alkyl carbamates (subject to hydrolysis) is 1. The number of rotatable bonds is 6. The molecule has 1 aliphatic carbocycles. The minimum absolute atomic E-state index is 0.0140. The Morgan fingerprint density at radius 3 is 2.57 bits per heavy atom. The predicted molar refractivity (Wildman–Crippen MR) is 140 cm³/mol. The molecule has 3 fully saturated rings. The summed E-state index contributed by atoms with van der Waals surface area (Å²) in [6.07, 6.45) is 4.92. The van der Waals surface area contributed by atoms with E-state index in [1.807, 2.05) is 12.1 Å². The molecule has 2 aromatic carbocycles. The zero-order valence-corrected chi connectivity index (χ0v) is 21.9. The van der Waals surface area contributed by atoms with Gasteiger partial charge in [-0.25, -0.2) is 4.79 Å². The van der Waals surface area contributed by atoms with Crippen LogP contribution in [0.25, 0.3) is 11.1 Å². The van der Waals surface area contributed by atoms with Gasteiger partial charge in [0, 0.05) is 6.54 Å². The van der Waals surface area contributed by atoms with E-state index in [1.54, 1.807) is 0 Å². The zero-order chi connectivity index (χ0) is 24.6. The third-order valence-electron chi connectivity index (χ3n) is 8.12. The van der Waals surface area contributed by atoms with Crippen LogP contribution < -0.4 is 10.1 Å². The van der Waals surface area contributed by atoms with Gasteiger partial charge in [-0.2, -0.15) is 0 Å². The quantitative estimate of drug-likeness (QED) is 0.487. The lowest BCUT2D eigenvalue weighted by molar-refractivity contribution is -0.0353. The van der Waals surface area contributed by atoms with Crippen molar-refractivity contribution >= 4 is 17.7 Å². The van der Waals surface area contributed by atoms with E-state index < -0.39 is 0 Å². The first-order valence-corrected chi connectivity index (χ1v) is 13.5. The normalized spacial score (nSPS) is 26.6. The molecule has 188 valence electrons. The molecule has 0 radical (unpaired) electrons. The van der Waals surface area contributed by atoms with Crippen molar-refractivity contribution in [2.45, 2.75) is 65.0 Å². The molecule has 1 unspecified atom stereocenters. The molecule has 1 amide bonds. The van der Waals surface area contributed by atoms with E-state index >= 15 is 0 Å². The molecule has 3 saturated heterocycles. The van der Waals surface area contributed by atoms with Crippen LogP contribution in [0.5, 0.6) is 5.75 Å². The van der Waals surface area contributed by atoms with Gasteiger partial charge in [-0.05, 0) is 90.9 Å². The number of nitrogens with zero attached hydrogens (tertiary/aromatic N) is 1. The van der Waals surface area contributed by atoms with Crippen molar-refractivity contribution in [3.63, 3.8) is 0 Å². The first-order chi connectivity index (χ1) is 16.8. The van der Waals surface area contributed by atoms with E-state index in [0.29, 0.717) is 17.5 Å². The van der Waals surface area contributed by atoms with Crippen LogP contribution in [-0.2, 0) is 11.2 Å². The van der Waals surface area contributed by atoms with Gasteiger partial charge in [-0.15, -0.1) is 0 Å². The second-order valence-corrected chi connectivity index (χ2v) is 11.5. The number of halogens is 1. The zero-order valence-electron chi connectivity index (χ0n) is 21.1. The van der Waals surface area contributed by atoms with Gasteiger partial charge in [-0.1, -0.05) is 56.6 Å². The molecule has 6 rings (SSSR count). The van der Waals surface area contributed by atoms with E-state index in [-0.39, 0.29) is 23.7 Å². The van der Waals surface area contributed by atoms with Crippen LogP contribution in [0.2, 0.25) is 5.02 Å². The summed E-state index contributed by atoms with van der Waals surface area (Å²) in [7, 11) is 0. The Morgan fingerprint density at radius 2 is 1.89 bits per heavy atom. The van der Waals surface area contributed by atoms with Gasteiger partial charge in [0.25, 0.3) is 0 Å². The number of benzene rings is 2. The van der Waals surface area contributed by atoms with E-state index in [1.165, 1.54) is 11.1 Å². The van der Waals surface area contributed by atoms with Gasteiger partial charge < -0.3 is 14.8 Å². The summed E-state index contributed by atoms with van der Waals surface area (Å²) in [4.78, 5) is 15.4. The number of aryl methyl sites for hydroxylation is 1. The number of carbonyl (C=O) groups is 1. The monoisotopic (exact) mass is 496 g/mol. The van der Waals surface area contributed by atoms with Crippen molar-refractivity contribution in [1.29, 1.82) is 0 Å². The lowest BCUT2D eigenvalue weighted by atomic mass is 9.70. The molecule has 35 heavy (non-hydrogen) atoms. The fourth-order valence-electron chi connectivity index (χ4n) is 5.92. The van der Waals surface area contributed by atoms with Crippen LogP contribution in [0.3, 0.4) is 0 Å². The highest BCUT2D eigenvalue weighted by Crippen LogP contribution is 2.45. The van der Waals surface area contributed by atoms with E-state index in [4.69, 9.17) is 21.1 Å². The van der Waals surface area contributed by atoms with E-state index in [0.717, 1.165) is 68.6 Å². The Hall–Kier alpha value is -2.24. The Kier molecular flexibility index (Phi) is 7.00. The number of hydrogen-bond donors (Lipinski definition) is 1. The summed E-state index contributed by atoms with van der Waals surface area (Å²) in [5, 5.41) is 3.88. The summed E-state index contributed by atoms with van der Waals surface area (Å²) in [6.45, 7) is 10.3. The van der Waals surface area contributed by atoms with Crippen LogP contribution in [-0.4, -0.2) is 43.3 Å². The number of hydrogen-bond acceptors (Lipinski definition) is 4. The summed E-state index contributed by atoms with van der Waals surface area (Å²) < 4.78 is 11.7. The maximum absolute atomic E-state index is 13.0. The molecule has 0 saturated carbocycles. The molecule has 4 aliphatic rings. The summed E-state index contributed by atoms with van der Waals surface area (Å²) in [5.74, 6) is 1.23. The first-order valence-electron chi connectivity index (χ1n) is 13.1. The fourth-order valence-corrected chi connectivity index (χ4v) is 6.16. The van der Waals surface area contributed by atoms with Crippen molar-refractivity contribution in [3.8, 4) is 16.9 Å². The van der Waals surface area contributed by atoms with Gasteiger partial charge >= 0.3 is 6.09 Å². The molecule has 0 aromatic heterocycles. The van der Waals surface area contributed by atoms with E-state index in [2.05, 4.69) is 55.3 Å². The van der Waals surface area contributed by atoms with Gasteiger partial charge in [0.05, 0.1) is 17.7 Å². The van der Waals surface area contributed by atoms with Crippen molar-refractivity contribution < 1.29 is 14.3 Å². The highest BCUT2D eigenvalue weighted by atomic mass is 35.5. The van der Waals surface area contributed by atoms with Gasteiger partial charge in [0.2, 0.25) is 0 Å². The molecule has 6 heteroatoms. The van der Waals surface area contributed by atoms with Gasteiger partial charge in [0.15, 0.2) is 0 Å². The molecule has 3 aliphatic heterocycles. The van der Waals surface area contributed by atoms with Crippen molar-refractivity contribution in [1.82, 2.24) is 10.2 Å².